The number of nitrogens with one attached hydrogen (secondary N) is 2. The van der Waals surface area contributed by atoms with E-state index in [1.165, 1.54) is 12.8 Å². The molecule has 0 aliphatic heterocycles. The zero-order valence-electron chi connectivity index (χ0n) is 13.9. The lowest BCUT2D eigenvalue weighted by atomic mass is 10.2. The van der Waals surface area contributed by atoms with Crippen LogP contribution in [0.25, 0.3) is 0 Å². The van der Waals surface area contributed by atoms with Crippen LogP contribution < -0.4 is 10.6 Å². The highest BCUT2D eigenvalue weighted by molar-refractivity contribution is 5.57. The quantitative estimate of drug-likeness (QED) is 0.685. The third kappa shape index (κ3) is 4.30. The number of aromatic nitrogens is 2. The largest absolute Gasteiger partial charge is 0.373 e. The first kappa shape index (κ1) is 16.0. The maximum absolute atomic E-state index is 4.72. The zero-order valence-corrected chi connectivity index (χ0v) is 13.9. The lowest BCUT2D eigenvalue weighted by molar-refractivity contribution is 0.303. The van der Waals surface area contributed by atoms with Gasteiger partial charge >= 0.3 is 0 Å². The van der Waals surface area contributed by atoms with Gasteiger partial charge in [-0.05, 0) is 45.8 Å². The molecule has 21 heavy (non-hydrogen) atoms. The molecule has 0 bridgehead atoms. The third-order valence-electron chi connectivity index (χ3n) is 4.18. The minimum absolute atomic E-state index is 0.578. The molecule has 0 radical (unpaired) electrons. The molecule has 2 rings (SSSR count). The summed E-state index contributed by atoms with van der Waals surface area (Å²) in [6.07, 6.45) is 3.60. The Balaban J connectivity index is 1.94. The van der Waals surface area contributed by atoms with E-state index in [1.54, 1.807) is 0 Å². The molecule has 118 valence electrons. The van der Waals surface area contributed by atoms with Crippen LogP contribution in [0.1, 0.15) is 50.4 Å². The number of hydrogen-bond donors (Lipinski definition) is 2. The summed E-state index contributed by atoms with van der Waals surface area (Å²) in [7, 11) is 1.93. The normalized spacial score (nSPS) is 14.5. The molecule has 1 saturated carbocycles. The highest BCUT2D eigenvalue weighted by Gasteiger charge is 2.28. The van der Waals surface area contributed by atoms with Crippen LogP contribution in [0.15, 0.2) is 0 Å². The van der Waals surface area contributed by atoms with Gasteiger partial charge < -0.3 is 15.5 Å². The second-order valence-corrected chi connectivity index (χ2v) is 5.74. The summed E-state index contributed by atoms with van der Waals surface area (Å²) in [6.45, 7) is 10.9. The van der Waals surface area contributed by atoms with Gasteiger partial charge in [0.1, 0.15) is 17.5 Å². The molecule has 0 amide bonds. The minimum atomic E-state index is 0.578. The first-order valence-corrected chi connectivity index (χ1v) is 8.22. The number of anilines is 2. The molecule has 1 aromatic heterocycles. The maximum Gasteiger partial charge on any atom is 0.136 e. The smallest absolute Gasteiger partial charge is 0.136 e. The van der Waals surface area contributed by atoms with Gasteiger partial charge in [-0.2, -0.15) is 0 Å². The highest BCUT2D eigenvalue weighted by atomic mass is 15.1. The van der Waals surface area contributed by atoms with E-state index in [0.29, 0.717) is 5.92 Å². The number of rotatable bonds is 9. The molecule has 0 aromatic carbocycles. The van der Waals surface area contributed by atoms with Crippen molar-refractivity contribution in [1.29, 1.82) is 0 Å². The van der Waals surface area contributed by atoms with Crippen molar-refractivity contribution in [3.63, 3.8) is 0 Å². The summed E-state index contributed by atoms with van der Waals surface area (Å²) in [5, 5.41) is 6.68. The van der Waals surface area contributed by atoms with E-state index in [-0.39, 0.29) is 0 Å². The van der Waals surface area contributed by atoms with Crippen LogP contribution in [0, 0.1) is 6.92 Å². The molecule has 1 aliphatic carbocycles. The number of nitrogens with zero attached hydrogens (tertiary/aromatic N) is 3. The fourth-order valence-corrected chi connectivity index (χ4v) is 2.52. The van der Waals surface area contributed by atoms with Gasteiger partial charge in [-0.3, -0.25) is 0 Å². The average molecular weight is 291 g/mol. The van der Waals surface area contributed by atoms with Gasteiger partial charge in [0.2, 0.25) is 0 Å². The van der Waals surface area contributed by atoms with E-state index in [0.717, 1.165) is 55.6 Å². The van der Waals surface area contributed by atoms with Crippen molar-refractivity contribution in [3.05, 3.63) is 11.4 Å². The summed E-state index contributed by atoms with van der Waals surface area (Å²) in [5.41, 5.74) is 1.12. The Morgan fingerprint density at radius 1 is 1.14 bits per heavy atom. The van der Waals surface area contributed by atoms with Crippen molar-refractivity contribution < 1.29 is 0 Å². The second-order valence-electron chi connectivity index (χ2n) is 5.74. The Hall–Kier alpha value is -1.36. The first-order chi connectivity index (χ1) is 10.2. The summed E-state index contributed by atoms with van der Waals surface area (Å²) in [4.78, 5) is 11.8. The summed E-state index contributed by atoms with van der Waals surface area (Å²) in [5.74, 6) is 3.53. The molecule has 0 saturated heterocycles. The van der Waals surface area contributed by atoms with E-state index in [9.17, 15) is 0 Å². The third-order valence-corrected chi connectivity index (χ3v) is 4.18. The van der Waals surface area contributed by atoms with Crippen LogP contribution in [-0.2, 0) is 0 Å². The SMILES string of the molecule is CCN(CC)CCCNc1nc(C2CC2)nc(NC)c1C. The standard InChI is InChI=1S/C16H29N5/c1-5-21(6-2)11-7-10-18-15-12(3)14(17-4)19-16(20-15)13-8-9-13/h13H,5-11H2,1-4H3,(H2,17,18,19,20). The van der Waals surface area contributed by atoms with Crippen molar-refractivity contribution in [3.8, 4) is 0 Å². The van der Waals surface area contributed by atoms with Gasteiger partial charge in [0.05, 0.1) is 0 Å². The fourth-order valence-electron chi connectivity index (χ4n) is 2.52. The molecule has 1 heterocycles. The van der Waals surface area contributed by atoms with Crippen LogP contribution >= 0.6 is 0 Å². The molecule has 0 spiro atoms. The zero-order chi connectivity index (χ0) is 15.2. The lowest BCUT2D eigenvalue weighted by Gasteiger charge is -2.18. The van der Waals surface area contributed by atoms with Gasteiger partial charge in [-0.25, -0.2) is 9.97 Å². The lowest BCUT2D eigenvalue weighted by Crippen LogP contribution is -2.25. The van der Waals surface area contributed by atoms with Crippen LogP contribution in [0.2, 0.25) is 0 Å². The second kappa shape index (κ2) is 7.59. The number of hydrogen-bond acceptors (Lipinski definition) is 5. The van der Waals surface area contributed by atoms with Crippen molar-refractivity contribution in [2.75, 3.05) is 43.9 Å². The summed E-state index contributed by atoms with van der Waals surface area (Å²) >= 11 is 0. The molecule has 1 aliphatic rings. The minimum Gasteiger partial charge on any atom is -0.373 e. The van der Waals surface area contributed by atoms with Gasteiger partial charge in [0.15, 0.2) is 0 Å². The average Bonchev–Trinajstić information content (AvgIpc) is 3.33. The van der Waals surface area contributed by atoms with Crippen molar-refractivity contribution in [1.82, 2.24) is 14.9 Å². The fraction of sp³-hybridized carbons (Fsp3) is 0.750. The summed E-state index contributed by atoms with van der Waals surface area (Å²) < 4.78 is 0. The maximum atomic E-state index is 4.72. The van der Waals surface area contributed by atoms with Crippen LogP contribution in [0.3, 0.4) is 0 Å². The van der Waals surface area contributed by atoms with Crippen molar-refractivity contribution in [2.24, 2.45) is 0 Å². The molecule has 1 aromatic rings. The predicted octanol–water partition coefficient (Wildman–Crippen LogP) is 2.85. The Labute approximate surface area is 128 Å². The van der Waals surface area contributed by atoms with E-state index in [1.807, 2.05) is 7.05 Å². The summed E-state index contributed by atoms with van der Waals surface area (Å²) in [6, 6.07) is 0. The first-order valence-electron chi connectivity index (χ1n) is 8.22. The van der Waals surface area contributed by atoms with Crippen molar-refractivity contribution >= 4 is 11.6 Å². The molecular weight excluding hydrogens is 262 g/mol. The van der Waals surface area contributed by atoms with E-state index < -0.39 is 0 Å². The van der Waals surface area contributed by atoms with E-state index in [4.69, 9.17) is 4.98 Å². The van der Waals surface area contributed by atoms with Crippen LogP contribution in [0.4, 0.5) is 11.6 Å². The molecule has 2 N–H and O–H groups in total. The molecule has 1 fully saturated rings. The Bertz CT molecular complexity index is 452. The van der Waals surface area contributed by atoms with Gasteiger partial charge in [-0.15, -0.1) is 0 Å². The molecule has 0 unspecified atom stereocenters. The predicted molar refractivity (Wildman–Crippen MR) is 89.2 cm³/mol. The van der Waals surface area contributed by atoms with Gasteiger partial charge in [0.25, 0.3) is 0 Å². The van der Waals surface area contributed by atoms with E-state index in [2.05, 4.69) is 41.3 Å². The highest BCUT2D eigenvalue weighted by Crippen LogP contribution is 2.39. The van der Waals surface area contributed by atoms with E-state index >= 15 is 0 Å². The topological polar surface area (TPSA) is 53.1 Å². The molecule has 5 nitrogen and oxygen atoms in total. The Morgan fingerprint density at radius 2 is 1.81 bits per heavy atom. The van der Waals surface area contributed by atoms with Crippen LogP contribution in [0.5, 0.6) is 0 Å². The monoisotopic (exact) mass is 291 g/mol. The van der Waals surface area contributed by atoms with Gasteiger partial charge in [-0.1, -0.05) is 13.8 Å². The molecule has 5 heteroatoms. The van der Waals surface area contributed by atoms with Crippen molar-refractivity contribution in [2.45, 2.75) is 46.0 Å². The van der Waals surface area contributed by atoms with Gasteiger partial charge in [0, 0.05) is 25.1 Å². The van der Waals surface area contributed by atoms with Crippen LogP contribution in [-0.4, -0.2) is 48.1 Å². The molecule has 0 atom stereocenters. The molecular formula is C16H29N5. The Morgan fingerprint density at radius 3 is 2.38 bits per heavy atom. The Kier molecular flexibility index (Phi) is 5.79.